The predicted molar refractivity (Wildman–Crippen MR) is 65.3 cm³/mol. The van der Waals surface area contributed by atoms with Crippen LogP contribution in [0.3, 0.4) is 0 Å². The minimum absolute atomic E-state index is 0.219. The van der Waals surface area contributed by atoms with Crippen LogP contribution in [0.4, 0.5) is 5.82 Å². The van der Waals surface area contributed by atoms with Crippen molar-refractivity contribution < 1.29 is 0 Å². The van der Waals surface area contributed by atoms with Crippen LogP contribution in [-0.2, 0) is 0 Å². The van der Waals surface area contributed by atoms with Gasteiger partial charge < -0.3 is 4.90 Å². The molecule has 5 heteroatoms. The summed E-state index contributed by atoms with van der Waals surface area (Å²) >= 11 is 2.16. The van der Waals surface area contributed by atoms with E-state index in [1.54, 1.807) is 12.4 Å². The monoisotopic (exact) mass is 314 g/mol. The Balaban J connectivity index is 2.05. The van der Waals surface area contributed by atoms with Gasteiger partial charge in [-0.05, 0) is 35.4 Å². The van der Waals surface area contributed by atoms with E-state index in [-0.39, 0.29) is 5.92 Å². The summed E-state index contributed by atoms with van der Waals surface area (Å²) in [6.07, 6.45) is 5.40. The van der Waals surface area contributed by atoms with Gasteiger partial charge in [0.25, 0.3) is 0 Å². The summed E-state index contributed by atoms with van der Waals surface area (Å²) in [7, 11) is 0. The van der Waals surface area contributed by atoms with Crippen molar-refractivity contribution >= 4 is 28.4 Å². The molecule has 0 N–H and O–H groups in total. The zero-order valence-corrected chi connectivity index (χ0v) is 10.4. The van der Waals surface area contributed by atoms with Crippen LogP contribution in [0.25, 0.3) is 0 Å². The number of piperidine rings is 1. The Bertz CT molecular complexity index is 379. The molecular weight excluding hydrogens is 303 g/mol. The van der Waals surface area contributed by atoms with Gasteiger partial charge in [-0.25, -0.2) is 4.98 Å². The van der Waals surface area contributed by atoms with Crippen LogP contribution < -0.4 is 4.90 Å². The van der Waals surface area contributed by atoms with Crippen molar-refractivity contribution in [2.75, 3.05) is 18.0 Å². The molecule has 1 aliphatic heterocycles. The molecule has 1 aliphatic rings. The number of nitriles is 1. The topological polar surface area (TPSA) is 52.8 Å². The van der Waals surface area contributed by atoms with Crippen LogP contribution in [-0.4, -0.2) is 23.1 Å². The first-order chi connectivity index (χ1) is 7.29. The summed E-state index contributed by atoms with van der Waals surface area (Å²) in [6.45, 7) is 1.82. The molecule has 2 rings (SSSR count). The summed E-state index contributed by atoms with van der Waals surface area (Å²) in [5.74, 6) is 1.15. The number of rotatable bonds is 1. The molecule has 0 atom stereocenters. The molecule has 0 unspecified atom stereocenters. The smallest absolute Gasteiger partial charge is 0.148 e. The fourth-order valence-corrected chi connectivity index (χ4v) is 2.13. The van der Waals surface area contributed by atoms with Crippen LogP contribution >= 0.6 is 22.6 Å². The maximum atomic E-state index is 8.79. The largest absolute Gasteiger partial charge is 0.355 e. The second-order valence-electron chi connectivity index (χ2n) is 3.59. The average Bonchev–Trinajstić information content (AvgIpc) is 2.29. The minimum atomic E-state index is 0.219. The highest BCUT2D eigenvalue weighted by atomic mass is 127. The first-order valence-corrected chi connectivity index (χ1v) is 5.99. The number of halogens is 1. The number of anilines is 1. The normalized spacial score (nSPS) is 17.5. The van der Waals surface area contributed by atoms with Gasteiger partial charge in [0, 0.05) is 19.0 Å². The maximum absolute atomic E-state index is 8.79. The fourth-order valence-electron chi connectivity index (χ4n) is 1.72. The van der Waals surface area contributed by atoms with Crippen LogP contribution in [0, 0.1) is 20.9 Å². The summed E-state index contributed by atoms with van der Waals surface area (Å²) in [4.78, 5) is 10.7. The Hall–Kier alpha value is -0.900. The molecule has 1 saturated heterocycles. The Kier molecular flexibility index (Phi) is 3.36. The van der Waals surface area contributed by atoms with E-state index in [0.717, 1.165) is 35.4 Å². The molecule has 4 nitrogen and oxygen atoms in total. The Morgan fingerprint density at radius 2 is 2.13 bits per heavy atom. The third kappa shape index (κ3) is 2.56. The van der Waals surface area contributed by atoms with E-state index >= 15 is 0 Å². The molecule has 0 radical (unpaired) electrons. The Morgan fingerprint density at radius 3 is 2.73 bits per heavy atom. The molecule has 78 valence electrons. The molecule has 1 aromatic rings. The highest BCUT2D eigenvalue weighted by Crippen LogP contribution is 2.20. The predicted octanol–water partition coefficient (Wildman–Crippen LogP) is 1.82. The van der Waals surface area contributed by atoms with Crippen LogP contribution in [0.1, 0.15) is 12.8 Å². The van der Waals surface area contributed by atoms with Crippen molar-refractivity contribution in [2.45, 2.75) is 12.8 Å². The minimum Gasteiger partial charge on any atom is -0.355 e. The third-order valence-electron chi connectivity index (χ3n) is 2.59. The van der Waals surface area contributed by atoms with E-state index in [0.29, 0.717) is 0 Å². The molecule has 0 aromatic carbocycles. The van der Waals surface area contributed by atoms with E-state index < -0.39 is 0 Å². The second-order valence-corrected chi connectivity index (χ2v) is 4.70. The lowest BCUT2D eigenvalue weighted by atomic mass is 9.99. The maximum Gasteiger partial charge on any atom is 0.148 e. The number of hydrogen-bond donors (Lipinski definition) is 0. The molecule has 1 fully saturated rings. The van der Waals surface area contributed by atoms with Gasteiger partial charge in [0.2, 0.25) is 0 Å². The van der Waals surface area contributed by atoms with Crippen LogP contribution in [0.2, 0.25) is 0 Å². The molecule has 15 heavy (non-hydrogen) atoms. The van der Waals surface area contributed by atoms with Gasteiger partial charge in [0.15, 0.2) is 0 Å². The highest BCUT2D eigenvalue weighted by molar-refractivity contribution is 14.1. The molecule has 0 spiro atoms. The van der Waals surface area contributed by atoms with Gasteiger partial charge in [-0.15, -0.1) is 0 Å². The molecule has 0 saturated carbocycles. The lowest BCUT2D eigenvalue weighted by Gasteiger charge is -2.29. The third-order valence-corrected chi connectivity index (χ3v) is 3.11. The number of aromatic nitrogens is 2. The summed E-state index contributed by atoms with van der Waals surface area (Å²) in [5, 5.41) is 8.79. The fraction of sp³-hybridized carbons (Fsp3) is 0.500. The zero-order valence-electron chi connectivity index (χ0n) is 8.23. The summed E-state index contributed by atoms with van der Waals surface area (Å²) < 4.78 is 0.910. The van der Waals surface area contributed by atoms with Gasteiger partial charge in [-0.3, -0.25) is 4.98 Å². The first kappa shape index (κ1) is 10.6. The molecule has 1 aromatic heterocycles. The van der Waals surface area contributed by atoms with E-state index in [1.165, 1.54) is 0 Å². The quantitative estimate of drug-likeness (QED) is 0.742. The van der Waals surface area contributed by atoms with Gasteiger partial charge >= 0.3 is 0 Å². The highest BCUT2D eigenvalue weighted by Gasteiger charge is 2.19. The Labute approximate surface area is 102 Å². The van der Waals surface area contributed by atoms with Gasteiger partial charge in [-0.2, -0.15) is 5.26 Å². The van der Waals surface area contributed by atoms with Crippen LogP contribution in [0.5, 0.6) is 0 Å². The van der Waals surface area contributed by atoms with Gasteiger partial charge in [-0.1, -0.05) is 0 Å². The first-order valence-electron chi connectivity index (χ1n) is 4.91. The lowest BCUT2D eigenvalue weighted by Crippen LogP contribution is -2.33. The molecule has 0 amide bonds. The van der Waals surface area contributed by atoms with Crippen molar-refractivity contribution in [3.63, 3.8) is 0 Å². The van der Waals surface area contributed by atoms with Gasteiger partial charge in [0.1, 0.15) is 9.52 Å². The standard InChI is InChI=1S/C10H11IN4/c11-9-6-13-7-10(14-9)15-3-1-8(5-12)2-4-15/h6-8H,1-4H2. The van der Waals surface area contributed by atoms with E-state index in [4.69, 9.17) is 5.26 Å². The number of hydrogen-bond acceptors (Lipinski definition) is 4. The average molecular weight is 314 g/mol. The van der Waals surface area contributed by atoms with Crippen molar-refractivity contribution in [1.29, 1.82) is 5.26 Å². The number of nitrogens with zero attached hydrogens (tertiary/aromatic N) is 4. The molecule has 0 aliphatic carbocycles. The van der Waals surface area contributed by atoms with E-state index in [9.17, 15) is 0 Å². The van der Waals surface area contributed by atoms with E-state index in [1.807, 2.05) is 0 Å². The summed E-state index contributed by atoms with van der Waals surface area (Å²) in [5.41, 5.74) is 0. The SMILES string of the molecule is N#CC1CCN(c2cncc(I)n2)CC1. The van der Waals surface area contributed by atoms with Gasteiger partial charge in [0.05, 0.1) is 18.5 Å². The second kappa shape index (κ2) is 4.75. The van der Waals surface area contributed by atoms with Crippen molar-refractivity contribution in [3.8, 4) is 6.07 Å². The molecule has 2 heterocycles. The lowest BCUT2D eigenvalue weighted by molar-refractivity contribution is 0.484. The van der Waals surface area contributed by atoms with Crippen molar-refractivity contribution in [3.05, 3.63) is 16.1 Å². The van der Waals surface area contributed by atoms with Crippen LogP contribution in [0.15, 0.2) is 12.4 Å². The Morgan fingerprint density at radius 1 is 1.40 bits per heavy atom. The van der Waals surface area contributed by atoms with E-state index in [2.05, 4.69) is 43.5 Å². The molecule has 0 bridgehead atoms. The van der Waals surface area contributed by atoms with Crippen molar-refractivity contribution in [1.82, 2.24) is 9.97 Å². The zero-order chi connectivity index (χ0) is 10.7. The molecular formula is C10H11IN4. The summed E-state index contributed by atoms with van der Waals surface area (Å²) in [6, 6.07) is 2.32. The van der Waals surface area contributed by atoms with Crippen molar-refractivity contribution in [2.24, 2.45) is 5.92 Å².